The normalized spacial score (nSPS) is 10.8. The Labute approximate surface area is 110 Å². The summed E-state index contributed by atoms with van der Waals surface area (Å²) in [4.78, 5) is 11.9. The van der Waals surface area contributed by atoms with Gasteiger partial charge in [0.05, 0.1) is 5.56 Å². The van der Waals surface area contributed by atoms with Gasteiger partial charge in [-0.1, -0.05) is 30.3 Å². The second kappa shape index (κ2) is 5.48. The molecule has 0 aromatic heterocycles. The SMILES string of the molecule is Cc1cccc(C(=O)/C=C/c2ccc(F)cc2)c1O. The summed E-state index contributed by atoms with van der Waals surface area (Å²) in [7, 11) is 0. The molecule has 0 saturated heterocycles. The van der Waals surface area contributed by atoms with Crippen LogP contribution in [0.2, 0.25) is 0 Å². The third-order valence-corrected chi connectivity index (χ3v) is 2.80. The Kier molecular flexibility index (Phi) is 3.76. The molecule has 0 bridgehead atoms. The van der Waals surface area contributed by atoms with Crippen molar-refractivity contribution in [3.05, 3.63) is 71.0 Å². The van der Waals surface area contributed by atoms with Crippen molar-refractivity contribution in [1.29, 1.82) is 0 Å². The van der Waals surface area contributed by atoms with E-state index in [-0.39, 0.29) is 22.9 Å². The van der Waals surface area contributed by atoms with Crippen molar-refractivity contribution in [1.82, 2.24) is 0 Å². The maximum Gasteiger partial charge on any atom is 0.189 e. The number of benzene rings is 2. The minimum absolute atomic E-state index is 0.00347. The number of carbonyl (C=O) groups is 1. The summed E-state index contributed by atoms with van der Waals surface area (Å²) in [5.41, 5.74) is 1.64. The molecule has 0 aliphatic heterocycles. The minimum Gasteiger partial charge on any atom is -0.507 e. The van der Waals surface area contributed by atoms with E-state index in [9.17, 15) is 14.3 Å². The summed E-state index contributed by atoms with van der Waals surface area (Å²) in [6, 6.07) is 10.8. The zero-order chi connectivity index (χ0) is 13.8. The number of hydrogen-bond donors (Lipinski definition) is 1. The highest BCUT2D eigenvalue weighted by molar-refractivity contribution is 6.08. The molecule has 0 aliphatic carbocycles. The Morgan fingerprint density at radius 1 is 1.16 bits per heavy atom. The van der Waals surface area contributed by atoms with Crippen molar-refractivity contribution in [3.63, 3.8) is 0 Å². The number of carbonyl (C=O) groups excluding carboxylic acids is 1. The highest BCUT2D eigenvalue weighted by Crippen LogP contribution is 2.22. The zero-order valence-corrected chi connectivity index (χ0v) is 10.4. The largest absolute Gasteiger partial charge is 0.507 e. The van der Waals surface area contributed by atoms with E-state index in [1.807, 2.05) is 0 Å². The van der Waals surface area contributed by atoms with Gasteiger partial charge in [-0.15, -0.1) is 0 Å². The molecule has 3 heteroatoms. The average Bonchev–Trinajstić information content (AvgIpc) is 2.41. The standard InChI is InChI=1S/C16H13FO2/c1-11-3-2-4-14(16(11)19)15(18)10-7-12-5-8-13(17)9-6-12/h2-10,19H,1H3/b10-7+. The van der Waals surface area contributed by atoms with E-state index < -0.39 is 0 Å². The van der Waals surface area contributed by atoms with Crippen molar-refractivity contribution in [2.75, 3.05) is 0 Å². The van der Waals surface area contributed by atoms with Crippen LogP contribution in [0.5, 0.6) is 5.75 Å². The van der Waals surface area contributed by atoms with Gasteiger partial charge in [0.1, 0.15) is 11.6 Å². The number of para-hydroxylation sites is 1. The van der Waals surface area contributed by atoms with E-state index in [1.54, 1.807) is 43.3 Å². The Balaban J connectivity index is 2.21. The quantitative estimate of drug-likeness (QED) is 0.671. The Bertz CT molecular complexity index is 628. The van der Waals surface area contributed by atoms with Gasteiger partial charge in [0, 0.05) is 0 Å². The van der Waals surface area contributed by atoms with Crippen LogP contribution in [0.15, 0.2) is 48.5 Å². The number of halogens is 1. The first-order valence-electron chi connectivity index (χ1n) is 5.84. The molecule has 2 aromatic carbocycles. The van der Waals surface area contributed by atoms with E-state index in [0.29, 0.717) is 5.56 Å². The summed E-state index contributed by atoms with van der Waals surface area (Å²) >= 11 is 0. The number of phenols is 1. The van der Waals surface area contributed by atoms with Gasteiger partial charge in [0.15, 0.2) is 5.78 Å². The monoisotopic (exact) mass is 256 g/mol. The van der Waals surface area contributed by atoms with E-state index in [1.165, 1.54) is 18.2 Å². The van der Waals surface area contributed by atoms with E-state index >= 15 is 0 Å². The third-order valence-electron chi connectivity index (χ3n) is 2.80. The molecule has 0 spiro atoms. The van der Waals surface area contributed by atoms with Gasteiger partial charge >= 0.3 is 0 Å². The Morgan fingerprint density at radius 2 is 1.84 bits per heavy atom. The van der Waals surface area contributed by atoms with Gasteiger partial charge in [-0.25, -0.2) is 4.39 Å². The number of allylic oxidation sites excluding steroid dienone is 1. The number of hydrogen-bond acceptors (Lipinski definition) is 2. The fourth-order valence-electron chi connectivity index (χ4n) is 1.69. The first-order chi connectivity index (χ1) is 9.08. The highest BCUT2D eigenvalue weighted by atomic mass is 19.1. The van der Waals surface area contributed by atoms with Crippen LogP contribution in [0, 0.1) is 12.7 Å². The van der Waals surface area contributed by atoms with Crippen LogP contribution < -0.4 is 0 Å². The number of ketones is 1. The topological polar surface area (TPSA) is 37.3 Å². The zero-order valence-electron chi connectivity index (χ0n) is 10.4. The van der Waals surface area contributed by atoms with Gasteiger partial charge in [-0.2, -0.15) is 0 Å². The van der Waals surface area contributed by atoms with Crippen molar-refractivity contribution < 1.29 is 14.3 Å². The van der Waals surface area contributed by atoms with E-state index in [2.05, 4.69) is 0 Å². The van der Waals surface area contributed by atoms with Crippen LogP contribution in [0.25, 0.3) is 6.08 Å². The fraction of sp³-hybridized carbons (Fsp3) is 0.0625. The first kappa shape index (κ1) is 13.0. The van der Waals surface area contributed by atoms with Crippen LogP contribution >= 0.6 is 0 Å². The average molecular weight is 256 g/mol. The molecule has 0 fully saturated rings. The summed E-state index contributed by atoms with van der Waals surface area (Å²) in [5, 5.41) is 9.80. The molecule has 96 valence electrons. The lowest BCUT2D eigenvalue weighted by atomic mass is 10.0. The molecule has 0 amide bonds. The van der Waals surface area contributed by atoms with Gasteiger partial charge < -0.3 is 5.11 Å². The lowest BCUT2D eigenvalue weighted by Crippen LogP contribution is -1.95. The molecule has 2 aromatic rings. The first-order valence-corrected chi connectivity index (χ1v) is 5.84. The van der Waals surface area contributed by atoms with Crippen LogP contribution in [0.1, 0.15) is 21.5 Å². The molecule has 0 heterocycles. The maximum atomic E-state index is 12.7. The molecular formula is C16H13FO2. The number of aromatic hydroxyl groups is 1. The highest BCUT2D eigenvalue weighted by Gasteiger charge is 2.09. The Hall–Kier alpha value is -2.42. The molecule has 19 heavy (non-hydrogen) atoms. The van der Waals surface area contributed by atoms with Gasteiger partial charge in [0.25, 0.3) is 0 Å². The van der Waals surface area contributed by atoms with Gasteiger partial charge in [0.2, 0.25) is 0 Å². The van der Waals surface area contributed by atoms with Crippen LogP contribution in [-0.4, -0.2) is 10.9 Å². The second-order valence-electron chi connectivity index (χ2n) is 4.22. The van der Waals surface area contributed by atoms with Gasteiger partial charge in [-0.3, -0.25) is 4.79 Å². The minimum atomic E-state index is -0.320. The molecule has 2 rings (SSSR count). The fourth-order valence-corrected chi connectivity index (χ4v) is 1.69. The van der Waals surface area contributed by atoms with Crippen LogP contribution in [0.3, 0.4) is 0 Å². The predicted octanol–water partition coefficient (Wildman–Crippen LogP) is 3.74. The van der Waals surface area contributed by atoms with Crippen molar-refractivity contribution >= 4 is 11.9 Å². The maximum absolute atomic E-state index is 12.7. The van der Waals surface area contributed by atoms with E-state index in [4.69, 9.17) is 0 Å². The smallest absolute Gasteiger partial charge is 0.189 e. The van der Waals surface area contributed by atoms with Crippen molar-refractivity contribution in [3.8, 4) is 5.75 Å². The molecule has 0 atom stereocenters. The predicted molar refractivity (Wildman–Crippen MR) is 72.6 cm³/mol. The summed E-state index contributed by atoms with van der Waals surface area (Å²) < 4.78 is 12.7. The molecule has 2 nitrogen and oxygen atoms in total. The van der Waals surface area contributed by atoms with E-state index in [0.717, 1.165) is 5.56 Å². The summed E-state index contributed by atoms with van der Waals surface area (Å²) in [5.74, 6) is -0.610. The van der Waals surface area contributed by atoms with Crippen molar-refractivity contribution in [2.24, 2.45) is 0 Å². The number of phenolic OH excluding ortho intramolecular Hbond substituents is 1. The lowest BCUT2D eigenvalue weighted by molar-refractivity contribution is 0.104. The number of aryl methyl sites for hydroxylation is 1. The van der Waals surface area contributed by atoms with Crippen LogP contribution in [-0.2, 0) is 0 Å². The molecular weight excluding hydrogens is 243 g/mol. The van der Waals surface area contributed by atoms with Crippen molar-refractivity contribution in [2.45, 2.75) is 6.92 Å². The second-order valence-corrected chi connectivity index (χ2v) is 4.22. The molecule has 0 saturated carbocycles. The number of rotatable bonds is 3. The molecule has 1 N–H and O–H groups in total. The molecule has 0 aliphatic rings. The van der Waals surface area contributed by atoms with Gasteiger partial charge in [-0.05, 0) is 42.3 Å². The Morgan fingerprint density at radius 3 is 2.53 bits per heavy atom. The lowest BCUT2D eigenvalue weighted by Gasteiger charge is -2.03. The summed E-state index contributed by atoms with van der Waals surface area (Å²) in [6.45, 7) is 1.73. The molecule has 0 radical (unpaired) electrons. The molecule has 0 unspecified atom stereocenters. The summed E-state index contributed by atoms with van der Waals surface area (Å²) in [6.07, 6.45) is 2.95. The van der Waals surface area contributed by atoms with Crippen LogP contribution in [0.4, 0.5) is 4.39 Å². The third kappa shape index (κ3) is 3.07.